The average molecular weight is 247 g/mol. The predicted molar refractivity (Wildman–Crippen MR) is 63.8 cm³/mol. The van der Waals surface area contributed by atoms with Crippen LogP contribution in [0, 0.1) is 5.92 Å². The molecule has 6 heteroatoms. The third-order valence-electron chi connectivity index (χ3n) is 3.39. The molecule has 0 aromatic rings. The highest BCUT2D eigenvalue weighted by Gasteiger charge is 2.27. The van der Waals surface area contributed by atoms with E-state index in [1.165, 1.54) is 0 Å². The molecule has 0 spiro atoms. The third kappa shape index (κ3) is 3.16. The summed E-state index contributed by atoms with van der Waals surface area (Å²) in [6.07, 6.45) is 2.19. The lowest BCUT2D eigenvalue weighted by Crippen LogP contribution is -2.40. The number of hydrogen-bond donors (Lipinski definition) is 2. The number of piperidine rings is 1. The van der Waals surface area contributed by atoms with Gasteiger partial charge in [-0.05, 0) is 31.8 Å². The van der Waals surface area contributed by atoms with E-state index in [1.54, 1.807) is 4.31 Å². The van der Waals surface area contributed by atoms with Crippen LogP contribution in [0.5, 0.6) is 0 Å². The molecule has 0 saturated carbocycles. The Hall–Kier alpha value is -0.170. The summed E-state index contributed by atoms with van der Waals surface area (Å²) in [4.78, 5) is 0. The Balaban J connectivity index is 1.95. The number of hydrogen-bond acceptors (Lipinski definition) is 4. The molecule has 0 atom stereocenters. The van der Waals surface area contributed by atoms with Crippen molar-refractivity contribution in [2.45, 2.75) is 12.8 Å². The third-order valence-corrected chi connectivity index (χ3v) is 5.23. The maximum absolute atomic E-state index is 11.9. The van der Waals surface area contributed by atoms with E-state index in [9.17, 15) is 8.42 Å². The van der Waals surface area contributed by atoms with Gasteiger partial charge in [-0.1, -0.05) is 0 Å². The summed E-state index contributed by atoms with van der Waals surface area (Å²) in [5.41, 5.74) is 0. The van der Waals surface area contributed by atoms with Crippen molar-refractivity contribution >= 4 is 10.0 Å². The first-order valence-electron chi connectivity index (χ1n) is 6.08. The summed E-state index contributed by atoms with van der Waals surface area (Å²) in [5.74, 6) is 0.784. The van der Waals surface area contributed by atoms with Gasteiger partial charge in [-0.3, -0.25) is 0 Å². The maximum atomic E-state index is 11.9. The molecule has 0 unspecified atom stereocenters. The minimum Gasteiger partial charge on any atom is -0.317 e. The molecule has 5 nitrogen and oxygen atoms in total. The topological polar surface area (TPSA) is 61.4 Å². The van der Waals surface area contributed by atoms with Crippen molar-refractivity contribution in [2.75, 3.05) is 45.0 Å². The van der Waals surface area contributed by atoms with Gasteiger partial charge in [0.1, 0.15) is 0 Å². The Morgan fingerprint density at radius 2 is 1.75 bits per heavy atom. The molecule has 2 fully saturated rings. The second kappa shape index (κ2) is 5.44. The number of nitrogens with zero attached hydrogens (tertiary/aromatic N) is 1. The number of nitrogens with one attached hydrogen (secondary N) is 2. The normalized spacial score (nSPS) is 28.8. The zero-order valence-corrected chi connectivity index (χ0v) is 10.4. The standard InChI is InChI=1S/C10H21N3O2S/c14-16(15)8-6-12-5-7-13(16)9-10-1-3-11-4-2-10/h10-12H,1-9H2. The molecule has 2 N–H and O–H groups in total. The minimum atomic E-state index is -3.01. The molecule has 2 rings (SSSR count). The van der Waals surface area contributed by atoms with Gasteiger partial charge < -0.3 is 10.6 Å². The van der Waals surface area contributed by atoms with Crippen LogP contribution in [-0.2, 0) is 10.0 Å². The van der Waals surface area contributed by atoms with E-state index in [-0.39, 0.29) is 5.75 Å². The van der Waals surface area contributed by atoms with E-state index in [4.69, 9.17) is 0 Å². The molecule has 2 saturated heterocycles. The Kier molecular flexibility index (Phi) is 4.18. The van der Waals surface area contributed by atoms with Gasteiger partial charge in [0.25, 0.3) is 0 Å². The Labute approximate surface area is 97.6 Å². The van der Waals surface area contributed by atoms with Gasteiger partial charge in [0, 0.05) is 26.2 Å². The van der Waals surface area contributed by atoms with Crippen LogP contribution in [-0.4, -0.2) is 57.7 Å². The molecular weight excluding hydrogens is 226 g/mol. The van der Waals surface area contributed by atoms with Crippen LogP contribution in [0.25, 0.3) is 0 Å². The van der Waals surface area contributed by atoms with Crippen molar-refractivity contribution in [3.8, 4) is 0 Å². The molecule has 0 amide bonds. The summed E-state index contributed by atoms with van der Waals surface area (Å²) in [5, 5.41) is 6.44. The van der Waals surface area contributed by atoms with Crippen LogP contribution >= 0.6 is 0 Å². The first kappa shape index (κ1) is 12.3. The molecule has 0 aromatic heterocycles. The predicted octanol–water partition coefficient (Wildman–Crippen LogP) is -0.779. The minimum absolute atomic E-state index is 0.248. The average Bonchev–Trinajstić information content (AvgIpc) is 2.43. The second-order valence-electron chi connectivity index (χ2n) is 4.62. The van der Waals surface area contributed by atoms with Crippen LogP contribution < -0.4 is 10.6 Å². The zero-order chi connectivity index (χ0) is 11.4. The quantitative estimate of drug-likeness (QED) is 0.672. The molecule has 0 radical (unpaired) electrons. The molecule has 0 bridgehead atoms. The maximum Gasteiger partial charge on any atom is 0.215 e. The van der Waals surface area contributed by atoms with Gasteiger partial charge in [0.15, 0.2) is 0 Å². The molecule has 94 valence electrons. The smallest absolute Gasteiger partial charge is 0.215 e. The van der Waals surface area contributed by atoms with Crippen LogP contribution in [0.15, 0.2) is 0 Å². The summed E-state index contributed by atoms with van der Waals surface area (Å²) in [6.45, 7) is 4.76. The monoisotopic (exact) mass is 247 g/mol. The summed E-state index contributed by atoms with van der Waals surface area (Å²) < 4.78 is 25.6. The van der Waals surface area contributed by atoms with Crippen molar-refractivity contribution < 1.29 is 8.42 Å². The van der Waals surface area contributed by atoms with Gasteiger partial charge in [-0.15, -0.1) is 0 Å². The molecule has 2 aliphatic heterocycles. The van der Waals surface area contributed by atoms with Crippen molar-refractivity contribution in [1.29, 1.82) is 0 Å². The fraction of sp³-hybridized carbons (Fsp3) is 1.00. The lowest BCUT2D eigenvalue weighted by Gasteiger charge is -2.28. The lowest BCUT2D eigenvalue weighted by atomic mass is 9.98. The van der Waals surface area contributed by atoms with Crippen LogP contribution in [0.2, 0.25) is 0 Å². The fourth-order valence-corrected chi connectivity index (χ4v) is 3.82. The van der Waals surface area contributed by atoms with Crippen LogP contribution in [0.4, 0.5) is 0 Å². The summed E-state index contributed by atoms with van der Waals surface area (Å²) in [6, 6.07) is 0. The molecular formula is C10H21N3O2S. The zero-order valence-electron chi connectivity index (χ0n) is 9.61. The lowest BCUT2D eigenvalue weighted by molar-refractivity contribution is 0.291. The molecule has 2 heterocycles. The Bertz CT molecular complexity index is 312. The van der Waals surface area contributed by atoms with Crippen LogP contribution in [0.1, 0.15) is 12.8 Å². The first-order valence-corrected chi connectivity index (χ1v) is 7.69. The van der Waals surface area contributed by atoms with Gasteiger partial charge in [-0.2, -0.15) is 0 Å². The molecule has 16 heavy (non-hydrogen) atoms. The fourth-order valence-electron chi connectivity index (χ4n) is 2.36. The number of rotatable bonds is 2. The summed E-state index contributed by atoms with van der Waals surface area (Å²) in [7, 11) is -3.01. The Morgan fingerprint density at radius 3 is 2.50 bits per heavy atom. The molecule has 0 aliphatic carbocycles. The Morgan fingerprint density at radius 1 is 1.06 bits per heavy atom. The van der Waals surface area contributed by atoms with E-state index >= 15 is 0 Å². The first-order chi connectivity index (χ1) is 7.68. The van der Waals surface area contributed by atoms with E-state index in [0.717, 1.165) is 32.5 Å². The molecule has 2 aliphatic rings. The highest BCUT2D eigenvalue weighted by Crippen LogP contribution is 2.16. The van der Waals surface area contributed by atoms with E-state index in [1.807, 2.05) is 0 Å². The highest BCUT2D eigenvalue weighted by molar-refractivity contribution is 7.89. The van der Waals surface area contributed by atoms with Crippen molar-refractivity contribution in [1.82, 2.24) is 14.9 Å². The SMILES string of the molecule is O=S1(=O)CCNCCN1CC1CCNCC1. The van der Waals surface area contributed by atoms with Gasteiger partial charge in [0.05, 0.1) is 5.75 Å². The van der Waals surface area contributed by atoms with Gasteiger partial charge >= 0.3 is 0 Å². The van der Waals surface area contributed by atoms with Crippen molar-refractivity contribution in [2.24, 2.45) is 5.92 Å². The number of sulfonamides is 1. The highest BCUT2D eigenvalue weighted by atomic mass is 32.2. The second-order valence-corrected chi connectivity index (χ2v) is 6.71. The van der Waals surface area contributed by atoms with E-state index in [2.05, 4.69) is 10.6 Å². The van der Waals surface area contributed by atoms with Crippen molar-refractivity contribution in [3.05, 3.63) is 0 Å². The van der Waals surface area contributed by atoms with Gasteiger partial charge in [0.2, 0.25) is 10.0 Å². The van der Waals surface area contributed by atoms with E-state index in [0.29, 0.717) is 25.6 Å². The van der Waals surface area contributed by atoms with Crippen molar-refractivity contribution in [3.63, 3.8) is 0 Å². The molecule has 0 aromatic carbocycles. The largest absolute Gasteiger partial charge is 0.317 e. The van der Waals surface area contributed by atoms with E-state index < -0.39 is 10.0 Å². The van der Waals surface area contributed by atoms with Crippen LogP contribution in [0.3, 0.4) is 0 Å². The summed E-state index contributed by atoms with van der Waals surface area (Å²) >= 11 is 0. The van der Waals surface area contributed by atoms with Gasteiger partial charge in [-0.25, -0.2) is 12.7 Å².